The van der Waals surface area contributed by atoms with Crippen molar-refractivity contribution in [2.45, 2.75) is 12.5 Å². The largest absolute Gasteiger partial charge is 0.324 e. The zero-order chi connectivity index (χ0) is 9.84. The Bertz CT molecular complexity index is 312. The average Bonchev–Trinajstić information content (AvgIpc) is 2.10. The van der Waals surface area contributed by atoms with Crippen molar-refractivity contribution in [3.8, 4) is 0 Å². The highest BCUT2D eigenvalue weighted by Gasteiger charge is 2.06. The van der Waals surface area contributed by atoms with Gasteiger partial charge in [0.05, 0.1) is 4.47 Å². The van der Waals surface area contributed by atoms with Gasteiger partial charge in [0, 0.05) is 6.04 Å². The van der Waals surface area contributed by atoms with Gasteiger partial charge in [0.2, 0.25) is 0 Å². The molecule has 1 aromatic rings. The minimum absolute atomic E-state index is 0.102. The highest BCUT2D eigenvalue weighted by Crippen LogP contribution is 2.21. The predicted molar refractivity (Wildman–Crippen MR) is 55.8 cm³/mol. The fourth-order valence-corrected chi connectivity index (χ4v) is 1.46. The molecule has 1 atom stereocenters. The number of nitrogens with two attached hydrogens (primary N) is 1. The van der Waals surface area contributed by atoms with Crippen LogP contribution >= 0.6 is 15.9 Å². The molecule has 1 nitrogen and oxygen atoms in total. The number of benzene rings is 1. The summed E-state index contributed by atoms with van der Waals surface area (Å²) in [6.07, 6.45) is 2.44. The maximum Gasteiger partial charge on any atom is 0.137 e. The van der Waals surface area contributed by atoms with E-state index in [1.165, 1.54) is 6.07 Å². The lowest BCUT2D eigenvalue weighted by Crippen LogP contribution is -2.08. The van der Waals surface area contributed by atoms with E-state index >= 15 is 0 Å². The lowest BCUT2D eigenvalue weighted by Gasteiger charge is -2.09. The van der Waals surface area contributed by atoms with Crippen LogP contribution < -0.4 is 5.73 Å². The van der Waals surface area contributed by atoms with Gasteiger partial charge in [0.1, 0.15) is 5.82 Å². The van der Waals surface area contributed by atoms with Gasteiger partial charge in [-0.15, -0.1) is 6.58 Å². The maximum atomic E-state index is 12.8. The van der Waals surface area contributed by atoms with E-state index in [0.29, 0.717) is 10.9 Å². The van der Waals surface area contributed by atoms with Gasteiger partial charge >= 0.3 is 0 Å². The second kappa shape index (κ2) is 4.53. The van der Waals surface area contributed by atoms with E-state index in [1.54, 1.807) is 18.2 Å². The van der Waals surface area contributed by atoms with Crippen LogP contribution in [-0.4, -0.2) is 0 Å². The van der Waals surface area contributed by atoms with Gasteiger partial charge in [0.25, 0.3) is 0 Å². The van der Waals surface area contributed by atoms with Crippen molar-refractivity contribution < 1.29 is 4.39 Å². The third kappa shape index (κ3) is 2.64. The molecule has 0 amide bonds. The molecule has 2 N–H and O–H groups in total. The topological polar surface area (TPSA) is 26.0 Å². The van der Waals surface area contributed by atoms with Crippen LogP contribution in [0.3, 0.4) is 0 Å². The molecule has 0 aliphatic heterocycles. The molecule has 1 rings (SSSR count). The number of rotatable bonds is 3. The van der Waals surface area contributed by atoms with Crippen LogP contribution in [-0.2, 0) is 0 Å². The highest BCUT2D eigenvalue weighted by atomic mass is 79.9. The summed E-state index contributed by atoms with van der Waals surface area (Å²) in [5.41, 5.74) is 6.72. The Morgan fingerprint density at radius 2 is 2.31 bits per heavy atom. The normalized spacial score (nSPS) is 12.5. The van der Waals surface area contributed by atoms with Crippen molar-refractivity contribution in [3.05, 3.63) is 46.7 Å². The summed E-state index contributed by atoms with van der Waals surface area (Å²) in [5.74, 6) is -0.269. The molecular weight excluding hydrogens is 233 g/mol. The first kappa shape index (κ1) is 10.4. The number of hydrogen-bond acceptors (Lipinski definition) is 1. The summed E-state index contributed by atoms with van der Waals surface area (Å²) in [7, 11) is 0. The van der Waals surface area contributed by atoms with E-state index in [0.717, 1.165) is 5.56 Å². The van der Waals surface area contributed by atoms with Crippen molar-refractivity contribution in [3.63, 3.8) is 0 Å². The molecule has 0 bridgehead atoms. The van der Waals surface area contributed by atoms with Crippen LogP contribution in [0.1, 0.15) is 18.0 Å². The molecule has 0 saturated heterocycles. The van der Waals surface area contributed by atoms with Crippen LogP contribution in [0.2, 0.25) is 0 Å². The van der Waals surface area contributed by atoms with Crippen LogP contribution in [0.4, 0.5) is 4.39 Å². The Morgan fingerprint density at radius 1 is 1.62 bits per heavy atom. The van der Waals surface area contributed by atoms with Gasteiger partial charge in [-0.3, -0.25) is 0 Å². The predicted octanol–water partition coefficient (Wildman–Crippen LogP) is 3.16. The van der Waals surface area contributed by atoms with Crippen molar-refractivity contribution in [2.75, 3.05) is 0 Å². The minimum atomic E-state index is -0.269. The lowest BCUT2D eigenvalue weighted by atomic mass is 10.1. The van der Waals surface area contributed by atoms with Crippen molar-refractivity contribution >= 4 is 15.9 Å². The van der Waals surface area contributed by atoms with E-state index < -0.39 is 0 Å². The van der Waals surface area contributed by atoms with Crippen molar-refractivity contribution in [2.24, 2.45) is 5.73 Å². The Balaban J connectivity index is 2.89. The smallest absolute Gasteiger partial charge is 0.137 e. The van der Waals surface area contributed by atoms with Crippen LogP contribution in [0.25, 0.3) is 0 Å². The molecule has 0 unspecified atom stereocenters. The fourth-order valence-electron chi connectivity index (χ4n) is 1.06. The fraction of sp³-hybridized carbons (Fsp3) is 0.200. The molecule has 0 radical (unpaired) electrons. The first-order valence-electron chi connectivity index (χ1n) is 3.96. The maximum absolute atomic E-state index is 12.8. The summed E-state index contributed by atoms with van der Waals surface area (Å²) in [4.78, 5) is 0. The molecule has 0 heterocycles. The van der Waals surface area contributed by atoms with Gasteiger partial charge in [-0.1, -0.05) is 12.1 Å². The first-order chi connectivity index (χ1) is 6.15. The molecule has 13 heavy (non-hydrogen) atoms. The average molecular weight is 244 g/mol. The molecule has 0 saturated carbocycles. The van der Waals surface area contributed by atoms with E-state index in [-0.39, 0.29) is 11.9 Å². The second-order valence-electron chi connectivity index (χ2n) is 2.80. The SMILES string of the molecule is C=CC[C@@H](N)c1ccc(F)c(Br)c1. The Hall–Kier alpha value is -0.670. The standard InChI is InChI=1S/C10H11BrFN/c1-2-3-10(13)7-4-5-9(12)8(11)6-7/h2,4-6,10H,1,3,13H2/t10-/m1/s1. The highest BCUT2D eigenvalue weighted by molar-refractivity contribution is 9.10. The minimum Gasteiger partial charge on any atom is -0.324 e. The van der Waals surface area contributed by atoms with Gasteiger partial charge in [-0.05, 0) is 40.0 Å². The zero-order valence-electron chi connectivity index (χ0n) is 7.13. The summed E-state index contributed by atoms with van der Waals surface area (Å²) >= 11 is 3.11. The van der Waals surface area contributed by atoms with E-state index in [9.17, 15) is 4.39 Å². The summed E-state index contributed by atoms with van der Waals surface area (Å²) in [6, 6.07) is 4.69. The molecule has 70 valence electrons. The number of hydrogen-bond donors (Lipinski definition) is 1. The van der Waals surface area contributed by atoms with E-state index in [1.807, 2.05) is 0 Å². The van der Waals surface area contributed by atoms with Gasteiger partial charge in [0.15, 0.2) is 0 Å². The molecule has 1 aromatic carbocycles. The number of halogens is 2. The Labute approximate surface area is 85.6 Å². The quantitative estimate of drug-likeness (QED) is 0.812. The molecule has 0 aliphatic rings. The summed E-state index contributed by atoms with van der Waals surface area (Å²) < 4.78 is 13.3. The molecule has 0 aliphatic carbocycles. The molecule has 0 aromatic heterocycles. The third-order valence-corrected chi connectivity index (χ3v) is 2.40. The van der Waals surface area contributed by atoms with E-state index in [2.05, 4.69) is 22.5 Å². The van der Waals surface area contributed by atoms with Gasteiger partial charge in [-0.2, -0.15) is 0 Å². The van der Waals surface area contributed by atoms with Crippen molar-refractivity contribution in [1.82, 2.24) is 0 Å². The van der Waals surface area contributed by atoms with Crippen molar-refractivity contribution in [1.29, 1.82) is 0 Å². The summed E-state index contributed by atoms with van der Waals surface area (Å²) in [5, 5.41) is 0. The monoisotopic (exact) mass is 243 g/mol. The summed E-state index contributed by atoms with van der Waals surface area (Å²) in [6.45, 7) is 3.60. The molecule has 0 fully saturated rings. The van der Waals surface area contributed by atoms with Crippen LogP contribution in [0.5, 0.6) is 0 Å². The van der Waals surface area contributed by atoms with Gasteiger partial charge < -0.3 is 5.73 Å². The molecular formula is C10H11BrFN. The van der Waals surface area contributed by atoms with Crippen LogP contribution in [0.15, 0.2) is 35.3 Å². The Kier molecular flexibility index (Phi) is 3.63. The van der Waals surface area contributed by atoms with Gasteiger partial charge in [-0.25, -0.2) is 4.39 Å². The Morgan fingerprint density at radius 3 is 2.85 bits per heavy atom. The second-order valence-corrected chi connectivity index (χ2v) is 3.66. The molecule has 3 heteroatoms. The van der Waals surface area contributed by atoms with Crippen LogP contribution in [0, 0.1) is 5.82 Å². The molecule has 0 spiro atoms. The first-order valence-corrected chi connectivity index (χ1v) is 4.76. The lowest BCUT2D eigenvalue weighted by molar-refractivity contribution is 0.618. The zero-order valence-corrected chi connectivity index (χ0v) is 8.72. The third-order valence-electron chi connectivity index (χ3n) is 1.79. The van der Waals surface area contributed by atoms with E-state index in [4.69, 9.17) is 5.73 Å².